The van der Waals surface area contributed by atoms with E-state index >= 15 is 0 Å². The van der Waals surface area contributed by atoms with Gasteiger partial charge in [-0.2, -0.15) is 0 Å². The van der Waals surface area contributed by atoms with Crippen LogP contribution in [0.2, 0.25) is 0 Å². The van der Waals surface area contributed by atoms with Gasteiger partial charge in [-0.3, -0.25) is 4.79 Å². The highest BCUT2D eigenvalue weighted by molar-refractivity contribution is 5.69. The molecule has 198 valence electrons. The van der Waals surface area contributed by atoms with Crippen molar-refractivity contribution in [3.8, 4) is 0 Å². The van der Waals surface area contributed by atoms with Crippen LogP contribution in [0.15, 0.2) is 0 Å². The van der Waals surface area contributed by atoms with E-state index in [0.29, 0.717) is 13.0 Å². The van der Waals surface area contributed by atoms with Gasteiger partial charge >= 0.3 is 5.97 Å². The Balaban J connectivity index is 3.47. The van der Waals surface area contributed by atoms with Crippen molar-refractivity contribution in [2.24, 2.45) is 5.92 Å². The molecule has 0 N–H and O–H groups in total. The van der Waals surface area contributed by atoms with Crippen LogP contribution in [0.25, 0.3) is 0 Å². The first kappa shape index (κ1) is 32.5. The van der Waals surface area contributed by atoms with Gasteiger partial charge in [0.15, 0.2) is 0 Å². The number of rotatable bonds is 27. The number of esters is 1. The molecule has 0 fully saturated rings. The third kappa shape index (κ3) is 25.9. The summed E-state index contributed by atoms with van der Waals surface area (Å²) in [5.41, 5.74) is 0. The predicted molar refractivity (Wildman–Crippen MR) is 147 cm³/mol. The second-order valence-electron chi connectivity index (χ2n) is 10.6. The molecule has 0 radical (unpaired) electrons. The standard InChI is InChI=1S/C31H62O2/c1-4-7-10-11-12-13-14-15-16-17-18-19-20-21-24-27-31(32)33-29-28-30(25-22-8-5-2)26-23-9-6-3/h30H,4-29H2,1-3H3. The Labute approximate surface area is 209 Å². The van der Waals surface area contributed by atoms with Crippen molar-refractivity contribution in [1.82, 2.24) is 0 Å². The normalized spacial score (nSPS) is 11.4. The number of unbranched alkanes of at least 4 members (excludes halogenated alkanes) is 18. The van der Waals surface area contributed by atoms with Gasteiger partial charge < -0.3 is 4.74 Å². The third-order valence-corrected chi connectivity index (χ3v) is 7.21. The Morgan fingerprint density at radius 1 is 0.485 bits per heavy atom. The van der Waals surface area contributed by atoms with Gasteiger partial charge in [-0.15, -0.1) is 0 Å². The van der Waals surface area contributed by atoms with E-state index in [9.17, 15) is 4.79 Å². The molecule has 0 aliphatic carbocycles. The average Bonchev–Trinajstić information content (AvgIpc) is 2.81. The smallest absolute Gasteiger partial charge is 0.305 e. The SMILES string of the molecule is CCCCCCCCCCCCCCCCCC(=O)OCCC(CCCCC)CCCCC. The van der Waals surface area contributed by atoms with Gasteiger partial charge in [-0.05, 0) is 18.8 Å². The van der Waals surface area contributed by atoms with Crippen molar-refractivity contribution in [1.29, 1.82) is 0 Å². The quantitative estimate of drug-likeness (QED) is 0.0888. The Morgan fingerprint density at radius 2 is 0.848 bits per heavy atom. The molecule has 0 rings (SSSR count). The summed E-state index contributed by atoms with van der Waals surface area (Å²) in [6.07, 6.45) is 32.6. The molecule has 0 unspecified atom stereocenters. The summed E-state index contributed by atoms with van der Waals surface area (Å²) in [6, 6.07) is 0. The van der Waals surface area contributed by atoms with Crippen LogP contribution in [0.3, 0.4) is 0 Å². The van der Waals surface area contributed by atoms with Gasteiger partial charge in [0, 0.05) is 6.42 Å². The van der Waals surface area contributed by atoms with Crippen LogP contribution in [0, 0.1) is 5.92 Å². The van der Waals surface area contributed by atoms with E-state index < -0.39 is 0 Å². The minimum absolute atomic E-state index is 0.0329. The van der Waals surface area contributed by atoms with Crippen molar-refractivity contribution in [2.75, 3.05) is 6.61 Å². The van der Waals surface area contributed by atoms with E-state index in [-0.39, 0.29) is 5.97 Å². The minimum Gasteiger partial charge on any atom is -0.466 e. The molecule has 0 aliphatic heterocycles. The van der Waals surface area contributed by atoms with E-state index in [1.54, 1.807) is 0 Å². The van der Waals surface area contributed by atoms with Gasteiger partial charge in [0.25, 0.3) is 0 Å². The first-order chi connectivity index (χ1) is 16.2. The number of ether oxygens (including phenoxy) is 1. The van der Waals surface area contributed by atoms with Crippen LogP contribution >= 0.6 is 0 Å². The fourth-order valence-electron chi connectivity index (χ4n) is 4.85. The number of carbonyl (C=O) groups is 1. The zero-order valence-electron chi connectivity index (χ0n) is 23.3. The zero-order chi connectivity index (χ0) is 24.2. The van der Waals surface area contributed by atoms with E-state index in [1.165, 1.54) is 141 Å². The average molecular weight is 467 g/mol. The van der Waals surface area contributed by atoms with Gasteiger partial charge in [0.1, 0.15) is 0 Å². The molecular formula is C31H62O2. The topological polar surface area (TPSA) is 26.3 Å². The summed E-state index contributed by atoms with van der Waals surface area (Å²) >= 11 is 0. The second-order valence-corrected chi connectivity index (χ2v) is 10.6. The van der Waals surface area contributed by atoms with Crippen LogP contribution in [-0.4, -0.2) is 12.6 Å². The van der Waals surface area contributed by atoms with Crippen molar-refractivity contribution >= 4 is 5.97 Å². The highest BCUT2D eigenvalue weighted by Gasteiger charge is 2.10. The van der Waals surface area contributed by atoms with Gasteiger partial charge in [0.05, 0.1) is 6.61 Å². The first-order valence-electron chi connectivity index (χ1n) is 15.4. The molecule has 0 saturated carbocycles. The number of carbonyl (C=O) groups excluding carboxylic acids is 1. The van der Waals surface area contributed by atoms with Crippen LogP contribution in [0.4, 0.5) is 0 Å². The molecule has 0 saturated heterocycles. The van der Waals surface area contributed by atoms with Gasteiger partial charge in [-0.1, -0.05) is 162 Å². The summed E-state index contributed by atoms with van der Waals surface area (Å²) in [5.74, 6) is 0.784. The van der Waals surface area contributed by atoms with Crippen molar-refractivity contribution < 1.29 is 9.53 Å². The van der Waals surface area contributed by atoms with Crippen molar-refractivity contribution in [2.45, 2.75) is 181 Å². The molecular weight excluding hydrogens is 404 g/mol. The number of hydrogen-bond donors (Lipinski definition) is 0. The lowest BCUT2D eigenvalue weighted by Gasteiger charge is -2.16. The van der Waals surface area contributed by atoms with E-state index in [2.05, 4.69) is 20.8 Å². The molecule has 0 amide bonds. The monoisotopic (exact) mass is 466 g/mol. The Bertz CT molecular complexity index is 369. The van der Waals surface area contributed by atoms with Crippen LogP contribution in [0.5, 0.6) is 0 Å². The molecule has 0 spiro atoms. The molecule has 2 nitrogen and oxygen atoms in total. The Kier molecular flexibility index (Phi) is 27.3. The largest absolute Gasteiger partial charge is 0.466 e. The summed E-state index contributed by atoms with van der Waals surface area (Å²) in [7, 11) is 0. The summed E-state index contributed by atoms with van der Waals surface area (Å²) in [6.45, 7) is 7.47. The summed E-state index contributed by atoms with van der Waals surface area (Å²) < 4.78 is 5.57. The molecule has 0 heterocycles. The predicted octanol–water partition coefficient (Wildman–Crippen LogP) is 11.0. The third-order valence-electron chi connectivity index (χ3n) is 7.21. The van der Waals surface area contributed by atoms with Gasteiger partial charge in [-0.25, -0.2) is 0 Å². The molecule has 0 bridgehead atoms. The van der Waals surface area contributed by atoms with E-state index in [4.69, 9.17) is 4.74 Å². The van der Waals surface area contributed by atoms with Crippen LogP contribution < -0.4 is 0 Å². The second kappa shape index (κ2) is 27.7. The van der Waals surface area contributed by atoms with E-state index in [1.807, 2.05) is 0 Å². The highest BCUT2D eigenvalue weighted by Crippen LogP contribution is 2.21. The van der Waals surface area contributed by atoms with Gasteiger partial charge in [0.2, 0.25) is 0 Å². The maximum atomic E-state index is 12.1. The molecule has 0 aromatic rings. The molecule has 0 aromatic carbocycles. The zero-order valence-corrected chi connectivity index (χ0v) is 23.3. The van der Waals surface area contributed by atoms with Crippen LogP contribution in [-0.2, 0) is 9.53 Å². The molecule has 0 atom stereocenters. The van der Waals surface area contributed by atoms with Crippen LogP contribution in [0.1, 0.15) is 181 Å². The lowest BCUT2D eigenvalue weighted by molar-refractivity contribution is -0.144. The Morgan fingerprint density at radius 3 is 1.27 bits per heavy atom. The van der Waals surface area contributed by atoms with E-state index in [0.717, 1.165) is 18.8 Å². The number of hydrogen-bond acceptors (Lipinski definition) is 2. The molecule has 33 heavy (non-hydrogen) atoms. The molecule has 0 aliphatic rings. The van der Waals surface area contributed by atoms with Crippen molar-refractivity contribution in [3.05, 3.63) is 0 Å². The molecule has 2 heteroatoms. The summed E-state index contributed by atoms with van der Waals surface area (Å²) in [5, 5.41) is 0. The first-order valence-corrected chi connectivity index (χ1v) is 15.4. The summed E-state index contributed by atoms with van der Waals surface area (Å²) in [4.78, 5) is 12.1. The minimum atomic E-state index is 0.0329. The fraction of sp³-hybridized carbons (Fsp3) is 0.968. The lowest BCUT2D eigenvalue weighted by Crippen LogP contribution is -2.10. The highest BCUT2D eigenvalue weighted by atomic mass is 16.5. The maximum absolute atomic E-state index is 12.1. The maximum Gasteiger partial charge on any atom is 0.305 e. The van der Waals surface area contributed by atoms with Crippen molar-refractivity contribution in [3.63, 3.8) is 0 Å². The lowest BCUT2D eigenvalue weighted by atomic mass is 9.92. The Hall–Kier alpha value is -0.530. The molecule has 0 aromatic heterocycles. The fourth-order valence-corrected chi connectivity index (χ4v) is 4.85.